The molecule has 4 rings (SSSR count). The third-order valence-corrected chi connectivity index (χ3v) is 5.32. The lowest BCUT2D eigenvalue weighted by atomic mass is 9.92. The summed E-state index contributed by atoms with van der Waals surface area (Å²) in [6, 6.07) is 16.4. The Morgan fingerprint density at radius 1 is 1.07 bits per heavy atom. The zero-order valence-electron chi connectivity index (χ0n) is 16.1. The van der Waals surface area contributed by atoms with Crippen molar-refractivity contribution in [1.82, 2.24) is 20.5 Å². The number of para-hydroxylation sites is 1. The van der Waals surface area contributed by atoms with Crippen LogP contribution in [-0.4, -0.2) is 40.8 Å². The van der Waals surface area contributed by atoms with Gasteiger partial charge >= 0.3 is 6.03 Å². The van der Waals surface area contributed by atoms with Gasteiger partial charge in [-0.05, 0) is 30.5 Å². The van der Waals surface area contributed by atoms with Gasteiger partial charge in [-0.1, -0.05) is 48.5 Å². The van der Waals surface area contributed by atoms with Crippen molar-refractivity contribution >= 4 is 28.7 Å². The first-order chi connectivity index (χ1) is 14.0. The zero-order valence-corrected chi connectivity index (χ0v) is 16.1. The maximum atomic E-state index is 12.8. The van der Waals surface area contributed by atoms with E-state index in [4.69, 9.17) is 0 Å². The number of H-pyrrole nitrogens is 1. The minimum absolute atomic E-state index is 0.305. The topological polar surface area (TPSA) is 94.3 Å². The Balaban J connectivity index is 1.36. The fraction of sp³-hybridized carbons (Fsp3) is 0.227. The second-order valence-corrected chi connectivity index (χ2v) is 7.27. The van der Waals surface area contributed by atoms with Gasteiger partial charge in [0.25, 0.3) is 5.91 Å². The van der Waals surface area contributed by atoms with Crippen LogP contribution in [0.3, 0.4) is 0 Å². The van der Waals surface area contributed by atoms with E-state index in [2.05, 4.69) is 15.6 Å². The van der Waals surface area contributed by atoms with E-state index in [0.29, 0.717) is 18.5 Å². The van der Waals surface area contributed by atoms with Crippen molar-refractivity contribution in [3.63, 3.8) is 0 Å². The van der Waals surface area contributed by atoms with E-state index in [1.165, 1.54) is 0 Å². The molecule has 148 valence electrons. The third-order valence-electron chi connectivity index (χ3n) is 5.32. The molecular weight excluding hydrogens is 368 g/mol. The second-order valence-electron chi connectivity index (χ2n) is 7.27. The van der Waals surface area contributed by atoms with E-state index >= 15 is 0 Å². The summed E-state index contributed by atoms with van der Waals surface area (Å²) in [5.41, 5.74) is 1.67. The first kappa shape index (κ1) is 18.7. The van der Waals surface area contributed by atoms with Crippen LogP contribution in [0, 0.1) is 0 Å². The van der Waals surface area contributed by atoms with Gasteiger partial charge in [0.05, 0.1) is 0 Å². The lowest BCUT2D eigenvalue weighted by Crippen LogP contribution is -2.43. The number of aromatic nitrogens is 1. The fourth-order valence-electron chi connectivity index (χ4n) is 3.68. The van der Waals surface area contributed by atoms with Crippen molar-refractivity contribution in [2.75, 3.05) is 13.1 Å². The highest BCUT2D eigenvalue weighted by Gasteiger charge is 2.49. The first-order valence-corrected chi connectivity index (χ1v) is 9.50. The summed E-state index contributed by atoms with van der Waals surface area (Å²) in [5, 5.41) is 6.62. The van der Waals surface area contributed by atoms with E-state index in [-0.39, 0.29) is 12.5 Å². The molecule has 1 aliphatic rings. The van der Waals surface area contributed by atoms with Crippen molar-refractivity contribution in [2.24, 2.45) is 0 Å². The summed E-state index contributed by atoms with van der Waals surface area (Å²) in [7, 11) is 0. The summed E-state index contributed by atoms with van der Waals surface area (Å²) < 4.78 is 0. The maximum absolute atomic E-state index is 12.8. The van der Waals surface area contributed by atoms with Crippen LogP contribution in [0.2, 0.25) is 0 Å². The van der Waals surface area contributed by atoms with Gasteiger partial charge in [-0.2, -0.15) is 0 Å². The van der Waals surface area contributed by atoms with Gasteiger partial charge in [-0.15, -0.1) is 0 Å². The Hall–Kier alpha value is -3.61. The summed E-state index contributed by atoms with van der Waals surface area (Å²) in [4.78, 5) is 41.7. The molecule has 0 bridgehead atoms. The molecule has 0 spiro atoms. The molecule has 1 saturated heterocycles. The van der Waals surface area contributed by atoms with Gasteiger partial charge in [0.1, 0.15) is 12.1 Å². The number of amides is 4. The van der Waals surface area contributed by atoms with Crippen molar-refractivity contribution in [3.8, 4) is 0 Å². The van der Waals surface area contributed by atoms with Gasteiger partial charge in [-0.25, -0.2) is 4.79 Å². The van der Waals surface area contributed by atoms with Gasteiger partial charge in [0, 0.05) is 23.6 Å². The number of carbonyl (C=O) groups excluding carboxylic acids is 3. The Kier molecular flexibility index (Phi) is 4.80. The number of nitrogens with one attached hydrogen (secondary N) is 3. The second kappa shape index (κ2) is 7.43. The van der Waals surface area contributed by atoms with Gasteiger partial charge < -0.3 is 15.6 Å². The SMILES string of the molecule is CC1(c2ccccc2)NC(=O)N(CC(=O)NCCc2c[nH]c3ccccc23)C1=O. The Labute approximate surface area is 168 Å². The summed E-state index contributed by atoms with van der Waals surface area (Å²) >= 11 is 0. The van der Waals surface area contributed by atoms with Crippen molar-refractivity contribution in [3.05, 3.63) is 71.9 Å². The fourth-order valence-corrected chi connectivity index (χ4v) is 3.68. The van der Waals surface area contributed by atoms with Crippen LogP contribution >= 0.6 is 0 Å². The summed E-state index contributed by atoms with van der Waals surface area (Å²) in [5.74, 6) is -0.800. The van der Waals surface area contributed by atoms with Gasteiger partial charge in [0.2, 0.25) is 5.91 Å². The van der Waals surface area contributed by atoms with Crippen molar-refractivity contribution in [2.45, 2.75) is 18.9 Å². The Morgan fingerprint density at radius 3 is 2.59 bits per heavy atom. The quantitative estimate of drug-likeness (QED) is 0.564. The highest BCUT2D eigenvalue weighted by Crippen LogP contribution is 2.28. The average molecular weight is 390 g/mol. The molecule has 29 heavy (non-hydrogen) atoms. The number of hydrogen-bond donors (Lipinski definition) is 3. The number of hydrogen-bond acceptors (Lipinski definition) is 3. The van der Waals surface area contributed by atoms with E-state index in [1.54, 1.807) is 31.2 Å². The van der Waals surface area contributed by atoms with Crippen molar-refractivity contribution < 1.29 is 14.4 Å². The van der Waals surface area contributed by atoms with Crippen LogP contribution in [0.25, 0.3) is 10.9 Å². The lowest BCUT2D eigenvalue weighted by Gasteiger charge is -2.22. The molecule has 2 heterocycles. The third kappa shape index (κ3) is 3.47. The normalized spacial score (nSPS) is 18.9. The standard InChI is InChI=1S/C22H22N4O3/c1-22(16-7-3-2-4-8-16)20(28)26(21(29)25-22)14-19(27)23-12-11-15-13-24-18-10-6-5-9-17(15)18/h2-10,13,24H,11-12,14H2,1H3,(H,23,27)(H,25,29). The maximum Gasteiger partial charge on any atom is 0.325 e. The minimum Gasteiger partial charge on any atom is -0.361 e. The zero-order chi connectivity index (χ0) is 20.4. The number of imide groups is 1. The Bertz CT molecular complexity index is 1080. The number of benzene rings is 2. The molecule has 2 aromatic carbocycles. The predicted octanol–water partition coefficient (Wildman–Crippen LogP) is 2.29. The predicted molar refractivity (Wildman–Crippen MR) is 109 cm³/mol. The molecular formula is C22H22N4O3. The largest absolute Gasteiger partial charge is 0.361 e. The van der Waals surface area contributed by atoms with E-state index < -0.39 is 17.5 Å². The number of nitrogens with zero attached hydrogens (tertiary/aromatic N) is 1. The van der Waals surface area contributed by atoms with Crippen LogP contribution in [0.1, 0.15) is 18.1 Å². The molecule has 1 unspecified atom stereocenters. The molecule has 0 saturated carbocycles. The highest BCUT2D eigenvalue weighted by atomic mass is 16.2. The van der Waals surface area contributed by atoms with Crippen LogP contribution < -0.4 is 10.6 Å². The average Bonchev–Trinajstić information content (AvgIpc) is 3.24. The molecule has 3 aromatic rings. The lowest BCUT2D eigenvalue weighted by molar-refractivity contribution is -0.134. The number of urea groups is 1. The number of aromatic amines is 1. The summed E-state index contributed by atoms with van der Waals surface area (Å²) in [6.07, 6.45) is 2.58. The molecule has 4 amide bonds. The van der Waals surface area contributed by atoms with Crippen LogP contribution in [0.5, 0.6) is 0 Å². The van der Waals surface area contributed by atoms with Gasteiger partial charge in [-0.3, -0.25) is 14.5 Å². The highest BCUT2D eigenvalue weighted by molar-refractivity contribution is 6.09. The number of rotatable bonds is 6. The van der Waals surface area contributed by atoms with E-state index in [0.717, 1.165) is 21.4 Å². The molecule has 1 fully saturated rings. The van der Waals surface area contributed by atoms with E-state index in [1.807, 2.05) is 36.5 Å². The molecule has 1 aliphatic heterocycles. The smallest absolute Gasteiger partial charge is 0.325 e. The first-order valence-electron chi connectivity index (χ1n) is 9.50. The van der Waals surface area contributed by atoms with Crippen LogP contribution in [0.15, 0.2) is 60.8 Å². The molecule has 7 nitrogen and oxygen atoms in total. The monoisotopic (exact) mass is 390 g/mol. The molecule has 0 aliphatic carbocycles. The number of carbonyl (C=O) groups is 3. The Morgan fingerprint density at radius 2 is 1.79 bits per heavy atom. The van der Waals surface area contributed by atoms with Crippen molar-refractivity contribution in [1.29, 1.82) is 0 Å². The van der Waals surface area contributed by atoms with Gasteiger partial charge in [0.15, 0.2) is 0 Å². The summed E-state index contributed by atoms with van der Waals surface area (Å²) in [6.45, 7) is 1.76. The van der Waals surface area contributed by atoms with Crippen LogP contribution in [-0.2, 0) is 21.5 Å². The molecule has 3 N–H and O–H groups in total. The number of fused-ring (bicyclic) bond motifs is 1. The molecule has 1 aromatic heterocycles. The molecule has 1 atom stereocenters. The molecule has 7 heteroatoms. The molecule has 0 radical (unpaired) electrons. The minimum atomic E-state index is -1.16. The van der Waals surface area contributed by atoms with E-state index in [9.17, 15) is 14.4 Å². The van der Waals surface area contributed by atoms with Crippen LogP contribution in [0.4, 0.5) is 4.79 Å².